The summed E-state index contributed by atoms with van der Waals surface area (Å²) in [6.45, 7) is 6.17. The van der Waals surface area contributed by atoms with Crippen molar-refractivity contribution in [3.63, 3.8) is 0 Å². The third-order valence-corrected chi connectivity index (χ3v) is 5.14. The maximum atomic E-state index is 13.2. The molecule has 0 unspecified atom stereocenters. The Hall–Kier alpha value is -3.19. The van der Waals surface area contributed by atoms with Crippen molar-refractivity contribution in [1.82, 2.24) is 14.9 Å². The Balaban J connectivity index is 1.61. The lowest BCUT2D eigenvalue weighted by molar-refractivity contribution is 0.102. The van der Waals surface area contributed by atoms with Gasteiger partial charge in [0, 0.05) is 32.2 Å². The van der Waals surface area contributed by atoms with Crippen LogP contribution >= 0.6 is 0 Å². The molecule has 2 aromatic carbocycles. The zero-order valence-corrected chi connectivity index (χ0v) is 16.8. The Morgan fingerprint density at radius 3 is 2.69 bits per heavy atom. The normalized spacial score (nSPS) is 14.8. The van der Waals surface area contributed by atoms with E-state index in [9.17, 15) is 4.79 Å². The van der Waals surface area contributed by atoms with Crippen LogP contribution in [-0.2, 0) is 0 Å². The van der Waals surface area contributed by atoms with Crippen molar-refractivity contribution >= 4 is 28.3 Å². The lowest BCUT2D eigenvalue weighted by Gasteiger charge is -2.33. The molecule has 0 aliphatic carbocycles. The summed E-state index contributed by atoms with van der Waals surface area (Å²) in [5.41, 5.74) is 0.518. The van der Waals surface area contributed by atoms with Gasteiger partial charge in [0.15, 0.2) is 0 Å². The minimum Gasteiger partial charge on any atom is -0.493 e. The number of nitrogens with zero attached hydrogens (tertiary/aromatic N) is 4. The lowest BCUT2D eigenvalue weighted by atomic mass is 10.0. The van der Waals surface area contributed by atoms with Gasteiger partial charge >= 0.3 is 0 Å². The van der Waals surface area contributed by atoms with Crippen molar-refractivity contribution in [3.8, 4) is 5.75 Å². The lowest BCUT2D eigenvalue weighted by Crippen LogP contribution is -2.44. The number of fused-ring (bicyclic) bond motifs is 1. The van der Waals surface area contributed by atoms with Gasteiger partial charge in [-0.05, 0) is 30.8 Å². The minimum atomic E-state index is -0.242. The number of likely N-dealkylation sites (N-methyl/N-ethyl adjacent to an activating group) is 1. The molecule has 1 N–H and O–H groups in total. The van der Waals surface area contributed by atoms with Crippen LogP contribution < -0.4 is 15.0 Å². The summed E-state index contributed by atoms with van der Waals surface area (Å²) >= 11 is 0. The maximum absolute atomic E-state index is 13.2. The smallest absolute Gasteiger partial charge is 0.261 e. The predicted molar refractivity (Wildman–Crippen MR) is 115 cm³/mol. The Labute approximate surface area is 170 Å². The number of carbonyl (C=O) groups excluding carboxylic acids is 1. The zero-order chi connectivity index (χ0) is 20.2. The molecular formula is C22H25N5O2. The van der Waals surface area contributed by atoms with Crippen LogP contribution in [0.4, 0.5) is 11.6 Å². The predicted octanol–water partition coefficient (Wildman–Crippen LogP) is 3.03. The number of benzene rings is 2. The van der Waals surface area contributed by atoms with Crippen molar-refractivity contribution in [2.24, 2.45) is 0 Å². The summed E-state index contributed by atoms with van der Waals surface area (Å²) in [6.07, 6.45) is 1.50. The number of hydrogen-bond acceptors (Lipinski definition) is 6. The summed E-state index contributed by atoms with van der Waals surface area (Å²) in [5, 5.41) is 4.77. The summed E-state index contributed by atoms with van der Waals surface area (Å²) in [7, 11) is 2.11. The second-order valence-electron chi connectivity index (χ2n) is 7.10. The molecule has 7 nitrogen and oxygen atoms in total. The highest BCUT2D eigenvalue weighted by molar-refractivity contribution is 6.14. The standard InChI is InChI=1S/C22H25N5O2/c1-3-29-18-9-8-16-6-4-5-7-17(16)21(18)22(28)25-19-14-20(24-15-23-19)27-12-10-26(2)11-13-27/h4-9,14-15H,3,10-13H2,1-2H3,(H,23,24,25,28). The van der Waals surface area contributed by atoms with E-state index in [4.69, 9.17) is 4.74 Å². The number of ether oxygens (including phenoxy) is 1. The van der Waals surface area contributed by atoms with Gasteiger partial charge in [-0.15, -0.1) is 0 Å². The van der Waals surface area contributed by atoms with E-state index in [1.165, 1.54) is 6.33 Å². The summed E-state index contributed by atoms with van der Waals surface area (Å²) < 4.78 is 5.73. The summed E-state index contributed by atoms with van der Waals surface area (Å²) in [4.78, 5) is 26.3. The van der Waals surface area contributed by atoms with Gasteiger partial charge in [0.2, 0.25) is 0 Å². The van der Waals surface area contributed by atoms with E-state index in [-0.39, 0.29) is 5.91 Å². The van der Waals surface area contributed by atoms with Crippen LogP contribution in [0.1, 0.15) is 17.3 Å². The molecule has 0 saturated carbocycles. The average Bonchev–Trinajstić information content (AvgIpc) is 2.74. The third kappa shape index (κ3) is 4.14. The molecule has 1 aliphatic heterocycles. The Bertz CT molecular complexity index is 1020. The molecule has 0 bridgehead atoms. The highest BCUT2D eigenvalue weighted by Gasteiger charge is 2.19. The van der Waals surface area contributed by atoms with E-state index < -0.39 is 0 Å². The van der Waals surface area contributed by atoms with Gasteiger partial charge in [0.05, 0.1) is 12.2 Å². The second-order valence-corrected chi connectivity index (χ2v) is 7.10. The highest BCUT2D eigenvalue weighted by Crippen LogP contribution is 2.29. The first-order valence-electron chi connectivity index (χ1n) is 9.87. The number of hydrogen-bond donors (Lipinski definition) is 1. The quantitative estimate of drug-likeness (QED) is 0.721. The molecule has 29 heavy (non-hydrogen) atoms. The van der Waals surface area contributed by atoms with Crippen molar-refractivity contribution in [1.29, 1.82) is 0 Å². The zero-order valence-electron chi connectivity index (χ0n) is 16.8. The Morgan fingerprint density at radius 2 is 1.90 bits per heavy atom. The molecule has 1 aromatic heterocycles. The van der Waals surface area contributed by atoms with Crippen LogP contribution in [-0.4, -0.2) is 60.6 Å². The van der Waals surface area contributed by atoms with Gasteiger partial charge in [0.25, 0.3) is 5.91 Å². The third-order valence-electron chi connectivity index (χ3n) is 5.14. The van der Waals surface area contributed by atoms with E-state index in [2.05, 4.69) is 32.1 Å². The van der Waals surface area contributed by atoms with Gasteiger partial charge in [-0.25, -0.2) is 9.97 Å². The number of anilines is 2. The molecule has 7 heteroatoms. The Kier molecular flexibility index (Phi) is 5.57. The first-order chi connectivity index (χ1) is 14.2. The molecule has 0 spiro atoms. The number of rotatable bonds is 5. The summed E-state index contributed by atoms with van der Waals surface area (Å²) in [6, 6.07) is 13.4. The van der Waals surface area contributed by atoms with Crippen LogP contribution in [0.3, 0.4) is 0 Å². The van der Waals surface area contributed by atoms with Crippen LogP contribution in [0, 0.1) is 0 Å². The van der Waals surface area contributed by atoms with Gasteiger partial charge in [-0.2, -0.15) is 0 Å². The molecular weight excluding hydrogens is 366 g/mol. The number of carbonyl (C=O) groups is 1. The topological polar surface area (TPSA) is 70.6 Å². The fourth-order valence-corrected chi connectivity index (χ4v) is 3.56. The van der Waals surface area contributed by atoms with Gasteiger partial charge in [0.1, 0.15) is 23.7 Å². The van der Waals surface area contributed by atoms with Crippen LogP contribution in [0.15, 0.2) is 48.8 Å². The number of amides is 1. The van der Waals surface area contributed by atoms with E-state index in [1.54, 1.807) is 0 Å². The fourth-order valence-electron chi connectivity index (χ4n) is 3.56. The average molecular weight is 391 g/mol. The van der Waals surface area contributed by atoms with Gasteiger partial charge in [-0.3, -0.25) is 4.79 Å². The van der Waals surface area contributed by atoms with Crippen LogP contribution in [0.5, 0.6) is 5.75 Å². The molecule has 0 radical (unpaired) electrons. The van der Waals surface area contributed by atoms with Crippen LogP contribution in [0.2, 0.25) is 0 Å². The van der Waals surface area contributed by atoms with Crippen molar-refractivity contribution < 1.29 is 9.53 Å². The molecule has 1 fully saturated rings. The van der Waals surface area contributed by atoms with Crippen LogP contribution in [0.25, 0.3) is 10.8 Å². The molecule has 1 aliphatic rings. The second kappa shape index (κ2) is 8.45. The highest BCUT2D eigenvalue weighted by atomic mass is 16.5. The Morgan fingerprint density at radius 1 is 1.10 bits per heavy atom. The van der Waals surface area contributed by atoms with E-state index in [0.717, 1.165) is 42.8 Å². The minimum absolute atomic E-state index is 0.242. The molecule has 1 saturated heterocycles. The molecule has 2 heterocycles. The van der Waals surface area contributed by atoms with Gasteiger partial charge < -0.3 is 19.9 Å². The van der Waals surface area contributed by atoms with E-state index >= 15 is 0 Å². The molecule has 0 atom stereocenters. The first-order valence-corrected chi connectivity index (χ1v) is 9.87. The van der Waals surface area contributed by atoms with Gasteiger partial charge in [-0.1, -0.05) is 30.3 Å². The number of aromatic nitrogens is 2. The van der Waals surface area contributed by atoms with Crippen molar-refractivity contribution in [2.45, 2.75) is 6.92 Å². The van der Waals surface area contributed by atoms with Crippen molar-refractivity contribution in [3.05, 3.63) is 54.4 Å². The number of piperazine rings is 1. The van der Waals surface area contributed by atoms with Crippen molar-refractivity contribution in [2.75, 3.05) is 50.1 Å². The largest absolute Gasteiger partial charge is 0.493 e. The molecule has 1 amide bonds. The monoisotopic (exact) mass is 391 g/mol. The molecule has 4 rings (SSSR count). The first kappa shape index (κ1) is 19.1. The maximum Gasteiger partial charge on any atom is 0.261 e. The molecule has 150 valence electrons. The molecule has 3 aromatic rings. The fraction of sp³-hybridized carbons (Fsp3) is 0.318. The SMILES string of the molecule is CCOc1ccc2ccccc2c1C(=O)Nc1cc(N2CCN(C)CC2)ncn1. The van der Waals surface area contributed by atoms with E-state index in [1.807, 2.05) is 49.4 Å². The van der Waals surface area contributed by atoms with E-state index in [0.29, 0.717) is 23.7 Å². The number of nitrogens with one attached hydrogen (secondary N) is 1. The summed E-state index contributed by atoms with van der Waals surface area (Å²) in [5.74, 6) is 1.63.